The Morgan fingerprint density at radius 2 is 1.62 bits per heavy atom. The molecule has 4 atom stereocenters. The lowest BCUT2D eigenvalue weighted by molar-refractivity contribution is -0.149. The third-order valence-electron chi connectivity index (χ3n) is 10.9. The summed E-state index contributed by atoms with van der Waals surface area (Å²) in [5.74, 6) is -0.727. The molecule has 3 aliphatic rings. The van der Waals surface area contributed by atoms with E-state index in [0.29, 0.717) is 37.6 Å². The number of carbonyl (C=O) groups is 3. The van der Waals surface area contributed by atoms with Gasteiger partial charge in [0.15, 0.2) is 0 Å². The topological polar surface area (TPSA) is 84.4 Å². The first-order valence-corrected chi connectivity index (χ1v) is 17.3. The van der Waals surface area contributed by atoms with Gasteiger partial charge in [0, 0.05) is 55.7 Å². The second-order valence-electron chi connectivity index (χ2n) is 16.2. The smallest absolute Gasteiger partial charge is 0.245 e. The van der Waals surface area contributed by atoms with Crippen LogP contribution in [0, 0.1) is 16.7 Å². The predicted octanol–water partition coefficient (Wildman–Crippen LogP) is 5.42. The zero-order valence-corrected chi connectivity index (χ0v) is 29.9. The number of benzene rings is 1. The first-order chi connectivity index (χ1) is 20.9. The van der Waals surface area contributed by atoms with Crippen molar-refractivity contribution in [3.05, 3.63) is 34.9 Å². The molecular formula is C36H57ClN4O4. The van der Waals surface area contributed by atoms with Gasteiger partial charge in [0.2, 0.25) is 17.7 Å². The van der Waals surface area contributed by atoms with Gasteiger partial charge in [-0.1, -0.05) is 43.6 Å². The average Bonchev–Trinajstić information content (AvgIpc) is 3.63. The fourth-order valence-corrected chi connectivity index (χ4v) is 7.79. The van der Waals surface area contributed by atoms with Gasteiger partial charge < -0.3 is 19.8 Å². The number of amides is 3. The standard InChI is InChI=1S/C36H57ClN4O4/c1-10-38(9)32(44)30-19-25(41(33(45)36(7,8)23-42)24-15-17-35(5,6)18-16-24)20-40(30)31(43)28-22-39(34(2,3)4)21-27(28)26-13-11-12-14-29(26)37/h11-14,24-25,27-28,30,42H,10,15-23H2,1-9H3/t25-,27-,28+,30-/m0/s1. The van der Waals surface area contributed by atoms with E-state index in [9.17, 15) is 19.5 Å². The molecule has 1 N–H and O–H groups in total. The molecule has 3 fully saturated rings. The summed E-state index contributed by atoms with van der Waals surface area (Å²) in [4.78, 5) is 50.8. The molecule has 1 saturated carbocycles. The van der Waals surface area contributed by atoms with E-state index in [-0.39, 0.29) is 59.2 Å². The minimum absolute atomic E-state index is 0.00907. The largest absolute Gasteiger partial charge is 0.395 e. The van der Waals surface area contributed by atoms with E-state index < -0.39 is 11.5 Å². The Morgan fingerprint density at radius 1 is 1.00 bits per heavy atom. The maximum atomic E-state index is 14.8. The Balaban J connectivity index is 1.73. The van der Waals surface area contributed by atoms with Crippen LogP contribution in [0.2, 0.25) is 5.02 Å². The van der Waals surface area contributed by atoms with Crippen molar-refractivity contribution in [2.24, 2.45) is 16.7 Å². The monoisotopic (exact) mass is 644 g/mol. The van der Waals surface area contributed by atoms with E-state index in [0.717, 1.165) is 31.2 Å². The van der Waals surface area contributed by atoms with Gasteiger partial charge in [-0.15, -0.1) is 0 Å². The number of likely N-dealkylation sites (N-methyl/N-ethyl adjacent to an activating group) is 1. The van der Waals surface area contributed by atoms with Crippen molar-refractivity contribution in [3.8, 4) is 0 Å². The molecule has 0 unspecified atom stereocenters. The summed E-state index contributed by atoms with van der Waals surface area (Å²) < 4.78 is 0. The normalized spacial score (nSPS) is 26.2. The molecule has 1 aliphatic carbocycles. The molecule has 252 valence electrons. The molecule has 45 heavy (non-hydrogen) atoms. The molecule has 1 aromatic carbocycles. The Morgan fingerprint density at radius 3 is 2.18 bits per heavy atom. The zero-order chi connectivity index (χ0) is 33.5. The summed E-state index contributed by atoms with van der Waals surface area (Å²) in [5.41, 5.74) is 0.0677. The van der Waals surface area contributed by atoms with Gasteiger partial charge in [-0.25, -0.2) is 0 Å². The molecular weight excluding hydrogens is 588 g/mol. The number of aliphatic hydroxyl groups excluding tert-OH is 1. The summed E-state index contributed by atoms with van der Waals surface area (Å²) in [6.07, 6.45) is 4.14. The summed E-state index contributed by atoms with van der Waals surface area (Å²) >= 11 is 6.73. The highest BCUT2D eigenvalue weighted by atomic mass is 35.5. The summed E-state index contributed by atoms with van der Waals surface area (Å²) in [6, 6.07) is 6.81. The lowest BCUT2D eigenvalue weighted by atomic mass is 9.74. The van der Waals surface area contributed by atoms with E-state index in [2.05, 4.69) is 39.5 Å². The van der Waals surface area contributed by atoms with Crippen molar-refractivity contribution in [2.75, 3.05) is 39.8 Å². The Hall–Kier alpha value is -2.16. The highest BCUT2D eigenvalue weighted by molar-refractivity contribution is 6.31. The van der Waals surface area contributed by atoms with Crippen LogP contribution in [0.4, 0.5) is 0 Å². The van der Waals surface area contributed by atoms with Crippen LogP contribution in [-0.4, -0.2) is 106 Å². The third kappa shape index (κ3) is 7.54. The van der Waals surface area contributed by atoms with Crippen LogP contribution >= 0.6 is 11.6 Å². The van der Waals surface area contributed by atoms with Crippen LogP contribution in [0.3, 0.4) is 0 Å². The van der Waals surface area contributed by atoms with E-state index in [4.69, 9.17) is 11.6 Å². The molecule has 2 aliphatic heterocycles. The number of hydrogen-bond acceptors (Lipinski definition) is 5. The van der Waals surface area contributed by atoms with Crippen LogP contribution in [-0.2, 0) is 14.4 Å². The van der Waals surface area contributed by atoms with E-state index in [1.165, 1.54) is 0 Å². The highest BCUT2D eigenvalue weighted by Crippen LogP contribution is 2.43. The van der Waals surface area contributed by atoms with Gasteiger partial charge in [0.25, 0.3) is 0 Å². The van der Waals surface area contributed by atoms with Gasteiger partial charge in [0.1, 0.15) is 6.04 Å². The van der Waals surface area contributed by atoms with Crippen molar-refractivity contribution in [3.63, 3.8) is 0 Å². The zero-order valence-electron chi connectivity index (χ0n) is 29.1. The maximum absolute atomic E-state index is 14.8. The summed E-state index contributed by atoms with van der Waals surface area (Å²) in [6.45, 7) is 18.4. The molecule has 1 aromatic rings. The molecule has 0 spiro atoms. The number of likely N-dealkylation sites (tertiary alicyclic amines) is 2. The quantitative estimate of drug-likeness (QED) is 0.409. The number of halogens is 1. The number of carbonyl (C=O) groups excluding carboxylic acids is 3. The summed E-state index contributed by atoms with van der Waals surface area (Å²) in [5, 5.41) is 10.9. The predicted molar refractivity (Wildman–Crippen MR) is 180 cm³/mol. The number of hydrogen-bond donors (Lipinski definition) is 1. The minimum atomic E-state index is -0.960. The van der Waals surface area contributed by atoms with Crippen LogP contribution in [0.15, 0.2) is 24.3 Å². The molecule has 2 saturated heterocycles. The molecule has 0 radical (unpaired) electrons. The molecule has 3 amide bonds. The van der Waals surface area contributed by atoms with Crippen molar-refractivity contribution < 1.29 is 19.5 Å². The average molecular weight is 645 g/mol. The van der Waals surface area contributed by atoms with Crippen LogP contribution in [0.25, 0.3) is 0 Å². The highest BCUT2D eigenvalue weighted by Gasteiger charge is 2.52. The molecule has 2 heterocycles. The first kappa shape index (κ1) is 35.7. The van der Waals surface area contributed by atoms with E-state index >= 15 is 0 Å². The van der Waals surface area contributed by atoms with Gasteiger partial charge >= 0.3 is 0 Å². The van der Waals surface area contributed by atoms with Crippen molar-refractivity contribution in [2.45, 2.75) is 117 Å². The Bertz CT molecular complexity index is 1230. The SMILES string of the molecule is CCN(C)C(=O)[C@@H]1C[C@H](N(C(=O)C(C)(C)CO)C2CCC(C)(C)CC2)CN1C(=O)[C@@H]1CN(C(C)(C)C)C[C@H]1c1ccccc1Cl. The Labute approximate surface area is 276 Å². The minimum Gasteiger partial charge on any atom is -0.395 e. The van der Waals surface area contributed by atoms with Crippen LogP contribution in [0.1, 0.15) is 99.0 Å². The number of nitrogens with zero attached hydrogens (tertiary/aromatic N) is 4. The van der Waals surface area contributed by atoms with Crippen molar-refractivity contribution >= 4 is 29.3 Å². The lowest BCUT2D eigenvalue weighted by Gasteiger charge is -2.45. The first-order valence-electron chi connectivity index (χ1n) is 16.9. The van der Waals surface area contributed by atoms with E-state index in [1.54, 1.807) is 30.7 Å². The van der Waals surface area contributed by atoms with Crippen LogP contribution < -0.4 is 0 Å². The molecule has 4 rings (SSSR count). The van der Waals surface area contributed by atoms with Gasteiger partial charge in [-0.05, 0) is 90.7 Å². The van der Waals surface area contributed by atoms with Gasteiger partial charge in [-0.2, -0.15) is 0 Å². The second-order valence-corrected chi connectivity index (χ2v) is 16.6. The third-order valence-corrected chi connectivity index (χ3v) is 11.2. The molecule has 8 nitrogen and oxygen atoms in total. The molecule has 9 heteroatoms. The van der Waals surface area contributed by atoms with Gasteiger partial charge in [0.05, 0.1) is 24.0 Å². The van der Waals surface area contributed by atoms with E-state index in [1.807, 2.05) is 36.1 Å². The van der Waals surface area contributed by atoms with Crippen molar-refractivity contribution in [1.29, 1.82) is 0 Å². The fourth-order valence-electron chi connectivity index (χ4n) is 7.52. The summed E-state index contributed by atoms with van der Waals surface area (Å²) in [7, 11) is 1.78. The number of rotatable bonds is 8. The van der Waals surface area contributed by atoms with Crippen molar-refractivity contribution in [1.82, 2.24) is 19.6 Å². The number of aliphatic hydroxyl groups is 1. The lowest BCUT2D eigenvalue weighted by Crippen LogP contribution is -2.55. The van der Waals surface area contributed by atoms with Gasteiger partial charge in [-0.3, -0.25) is 19.3 Å². The molecule has 0 bridgehead atoms. The maximum Gasteiger partial charge on any atom is 0.245 e. The molecule has 0 aromatic heterocycles. The second kappa shape index (κ2) is 13.5. The Kier molecular flexibility index (Phi) is 10.7. The van der Waals surface area contributed by atoms with Crippen LogP contribution in [0.5, 0.6) is 0 Å². The fraction of sp³-hybridized carbons (Fsp3) is 0.750.